The van der Waals surface area contributed by atoms with E-state index < -0.39 is 11.6 Å². The van der Waals surface area contributed by atoms with Gasteiger partial charge >= 0.3 is 0 Å². The molecule has 1 aromatic heterocycles. The fourth-order valence-corrected chi connectivity index (χ4v) is 1.50. The van der Waals surface area contributed by atoms with Crippen molar-refractivity contribution in [2.45, 2.75) is 6.92 Å². The van der Waals surface area contributed by atoms with Gasteiger partial charge in [-0.25, -0.2) is 13.5 Å². The molecule has 0 radical (unpaired) electrons. The van der Waals surface area contributed by atoms with Crippen molar-refractivity contribution in [1.82, 2.24) is 9.78 Å². The van der Waals surface area contributed by atoms with Gasteiger partial charge in [-0.05, 0) is 18.6 Å². The van der Waals surface area contributed by atoms with Crippen molar-refractivity contribution in [2.24, 2.45) is 0 Å². The Morgan fingerprint density at radius 1 is 1.35 bits per heavy atom. The van der Waals surface area contributed by atoms with E-state index in [1.165, 1.54) is 10.9 Å². The van der Waals surface area contributed by atoms with Crippen LogP contribution in [-0.2, 0) is 0 Å². The fraction of sp³-hybridized carbons (Fsp3) is 0.0909. The van der Waals surface area contributed by atoms with Gasteiger partial charge < -0.3 is 5.73 Å². The van der Waals surface area contributed by atoms with Crippen molar-refractivity contribution in [1.29, 1.82) is 5.26 Å². The minimum absolute atomic E-state index is 0.0987. The summed E-state index contributed by atoms with van der Waals surface area (Å²) < 4.78 is 27.3. The Morgan fingerprint density at radius 2 is 2.00 bits per heavy atom. The average Bonchev–Trinajstić information content (AvgIpc) is 2.65. The number of nitrogens with two attached hydrogens (primary N) is 1. The summed E-state index contributed by atoms with van der Waals surface area (Å²) >= 11 is 0. The summed E-state index contributed by atoms with van der Waals surface area (Å²) in [5, 5.41) is 12.6. The minimum atomic E-state index is -0.987. The molecular weight excluding hydrogens is 226 g/mol. The lowest BCUT2D eigenvalue weighted by atomic mass is 10.2. The molecule has 2 N–H and O–H groups in total. The van der Waals surface area contributed by atoms with Crippen LogP contribution in [0, 0.1) is 29.9 Å². The molecule has 6 heteroatoms. The zero-order valence-corrected chi connectivity index (χ0v) is 8.91. The molecule has 0 atom stereocenters. The molecule has 0 unspecified atom stereocenters. The number of nitrogen functional groups attached to an aromatic ring is 1. The van der Waals surface area contributed by atoms with Crippen LogP contribution in [0.5, 0.6) is 0 Å². The van der Waals surface area contributed by atoms with Crippen molar-refractivity contribution in [3.8, 4) is 11.8 Å². The van der Waals surface area contributed by atoms with Gasteiger partial charge in [0.25, 0.3) is 0 Å². The number of aromatic nitrogens is 2. The van der Waals surface area contributed by atoms with E-state index in [9.17, 15) is 8.78 Å². The highest BCUT2D eigenvalue weighted by atomic mass is 19.2. The smallest absolute Gasteiger partial charge is 0.160 e. The predicted molar refractivity (Wildman–Crippen MR) is 57.3 cm³/mol. The molecule has 86 valence electrons. The molecule has 0 aliphatic heterocycles. The third kappa shape index (κ3) is 1.72. The minimum Gasteiger partial charge on any atom is -0.382 e. The molecule has 0 spiro atoms. The normalized spacial score (nSPS) is 10.2. The van der Waals surface area contributed by atoms with Crippen molar-refractivity contribution >= 4 is 5.82 Å². The van der Waals surface area contributed by atoms with E-state index in [4.69, 9.17) is 11.0 Å². The van der Waals surface area contributed by atoms with Crippen LogP contribution in [0.15, 0.2) is 18.3 Å². The molecule has 0 amide bonds. The topological polar surface area (TPSA) is 67.6 Å². The second kappa shape index (κ2) is 3.87. The molecule has 0 fully saturated rings. The largest absolute Gasteiger partial charge is 0.382 e. The molecule has 0 bridgehead atoms. The van der Waals surface area contributed by atoms with Crippen LogP contribution in [0.3, 0.4) is 0 Å². The van der Waals surface area contributed by atoms with Crippen molar-refractivity contribution in [3.63, 3.8) is 0 Å². The molecule has 0 aliphatic rings. The van der Waals surface area contributed by atoms with E-state index in [0.717, 1.165) is 12.1 Å². The Kier molecular flexibility index (Phi) is 2.52. The van der Waals surface area contributed by atoms with Gasteiger partial charge in [0, 0.05) is 6.07 Å². The molecular formula is C11H8F2N4. The Balaban J connectivity index is 2.65. The first-order valence-corrected chi connectivity index (χ1v) is 4.74. The first-order valence-electron chi connectivity index (χ1n) is 4.74. The van der Waals surface area contributed by atoms with Gasteiger partial charge in [-0.3, -0.25) is 0 Å². The van der Waals surface area contributed by atoms with Crippen LogP contribution < -0.4 is 5.73 Å². The van der Waals surface area contributed by atoms with Gasteiger partial charge in [-0.1, -0.05) is 0 Å². The predicted octanol–water partition coefficient (Wildman–Crippen LogP) is 1.91. The quantitative estimate of drug-likeness (QED) is 0.819. The Morgan fingerprint density at radius 3 is 2.59 bits per heavy atom. The molecule has 17 heavy (non-hydrogen) atoms. The Hall–Kier alpha value is -2.42. The third-order valence-corrected chi connectivity index (χ3v) is 2.39. The Bertz CT molecular complexity index is 625. The van der Waals surface area contributed by atoms with Crippen LogP contribution in [-0.4, -0.2) is 9.78 Å². The molecule has 1 heterocycles. The van der Waals surface area contributed by atoms with Crippen LogP contribution in [0.1, 0.15) is 11.1 Å². The van der Waals surface area contributed by atoms with Gasteiger partial charge in [0.15, 0.2) is 11.6 Å². The zero-order valence-electron chi connectivity index (χ0n) is 8.91. The Labute approximate surface area is 95.9 Å². The summed E-state index contributed by atoms with van der Waals surface area (Å²) in [6, 6.07) is 3.90. The maximum Gasteiger partial charge on any atom is 0.160 e. The van der Waals surface area contributed by atoms with Crippen molar-refractivity contribution < 1.29 is 8.78 Å². The summed E-state index contributed by atoms with van der Waals surface area (Å²) in [5.74, 6) is -1.82. The summed E-state index contributed by atoms with van der Waals surface area (Å²) in [5.41, 5.74) is 6.64. The van der Waals surface area contributed by atoms with Crippen molar-refractivity contribution in [2.75, 3.05) is 5.73 Å². The lowest BCUT2D eigenvalue weighted by molar-refractivity contribution is 0.506. The summed E-state index contributed by atoms with van der Waals surface area (Å²) in [4.78, 5) is 0. The second-order valence-electron chi connectivity index (χ2n) is 3.52. The number of anilines is 1. The lowest BCUT2D eigenvalue weighted by Gasteiger charge is -2.08. The number of hydrogen-bond acceptors (Lipinski definition) is 3. The number of benzene rings is 1. The maximum atomic E-state index is 13.1. The lowest BCUT2D eigenvalue weighted by Crippen LogP contribution is -2.05. The van der Waals surface area contributed by atoms with E-state index in [2.05, 4.69) is 5.10 Å². The van der Waals surface area contributed by atoms with Gasteiger partial charge in [0.2, 0.25) is 0 Å². The van der Waals surface area contributed by atoms with Crippen LogP contribution in [0.2, 0.25) is 0 Å². The number of halogens is 2. The molecule has 4 nitrogen and oxygen atoms in total. The van der Waals surface area contributed by atoms with Gasteiger partial charge in [-0.2, -0.15) is 10.4 Å². The first-order chi connectivity index (χ1) is 8.04. The first kappa shape index (κ1) is 11.1. The van der Waals surface area contributed by atoms with Crippen LogP contribution in [0.4, 0.5) is 14.6 Å². The number of rotatable bonds is 1. The van der Waals surface area contributed by atoms with E-state index in [1.807, 2.05) is 6.07 Å². The van der Waals surface area contributed by atoms with E-state index in [-0.39, 0.29) is 11.4 Å². The van der Waals surface area contributed by atoms with E-state index in [0.29, 0.717) is 11.3 Å². The average molecular weight is 234 g/mol. The molecule has 2 aromatic rings. The number of nitriles is 1. The van der Waals surface area contributed by atoms with E-state index >= 15 is 0 Å². The zero-order chi connectivity index (χ0) is 12.6. The van der Waals surface area contributed by atoms with Crippen LogP contribution in [0.25, 0.3) is 5.69 Å². The SMILES string of the molecule is Cc1cc(F)c(F)cc1-n1ncc(C#N)c1N. The maximum absolute atomic E-state index is 13.1. The summed E-state index contributed by atoms with van der Waals surface area (Å²) in [7, 11) is 0. The van der Waals surface area contributed by atoms with Crippen LogP contribution >= 0.6 is 0 Å². The number of nitrogens with zero attached hydrogens (tertiary/aromatic N) is 3. The summed E-state index contributed by atoms with van der Waals surface area (Å²) in [6.45, 7) is 1.60. The van der Waals surface area contributed by atoms with Gasteiger partial charge in [0.05, 0.1) is 11.9 Å². The molecule has 0 saturated carbocycles. The third-order valence-electron chi connectivity index (χ3n) is 2.39. The van der Waals surface area contributed by atoms with E-state index in [1.54, 1.807) is 6.92 Å². The fourth-order valence-electron chi connectivity index (χ4n) is 1.50. The monoisotopic (exact) mass is 234 g/mol. The molecule has 0 aliphatic carbocycles. The second-order valence-corrected chi connectivity index (χ2v) is 3.52. The van der Waals surface area contributed by atoms with Crippen molar-refractivity contribution in [3.05, 3.63) is 41.1 Å². The van der Waals surface area contributed by atoms with Gasteiger partial charge in [0.1, 0.15) is 17.5 Å². The molecule has 1 aromatic carbocycles. The highest BCUT2D eigenvalue weighted by Gasteiger charge is 2.13. The summed E-state index contributed by atoms with van der Waals surface area (Å²) in [6.07, 6.45) is 1.27. The number of hydrogen-bond donors (Lipinski definition) is 1. The number of aryl methyl sites for hydroxylation is 1. The molecule has 2 rings (SSSR count). The van der Waals surface area contributed by atoms with Gasteiger partial charge in [-0.15, -0.1) is 0 Å². The standard InChI is InChI=1S/C11H8F2N4/c1-6-2-8(12)9(13)3-10(6)17-11(15)7(4-14)5-16-17/h2-3,5H,15H2,1H3. The highest BCUT2D eigenvalue weighted by Crippen LogP contribution is 2.22. The highest BCUT2D eigenvalue weighted by molar-refractivity contribution is 5.54. The molecule has 0 saturated heterocycles.